The van der Waals surface area contributed by atoms with Crippen molar-refractivity contribution in [3.05, 3.63) is 71.8 Å². The van der Waals surface area contributed by atoms with Crippen LogP contribution in [0.5, 0.6) is 0 Å². The predicted molar refractivity (Wildman–Crippen MR) is 101 cm³/mol. The summed E-state index contributed by atoms with van der Waals surface area (Å²) >= 11 is 0. The van der Waals surface area contributed by atoms with E-state index in [2.05, 4.69) is 5.32 Å². The summed E-state index contributed by atoms with van der Waals surface area (Å²) in [6.07, 6.45) is 0. The van der Waals surface area contributed by atoms with Crippen molar-refractivity contribution in [1.29, 1.82) is 0 Å². The lowest BCUT2D eigenvalue weighted by Crippen LogP contribution is -2.23. The molecule has 0 aliphatic rings. The molecule has 1 N–H and O–H groups in total. The minimum Gasteiger partial charge on any atom is -0.325 e. The molecule has 0 unspecified atom stereocenters. The van der Waals surface area contributed by atoms with Crippen LogP contribution in [-0.4, -0.2) is 20.1 Å². The van der Waals surface area contributed by atoms with Gasteiger partial charge in [0.2, 0.25) is 5.91 Å². The molecule has 1 amide bonds. The number of hydrogen-bond acceptors (Lipinski definition) is 3. The quantitative estimate of drug-likeness (QED) is 0.774. The number of amides is 1. The molecule has 0 bridgehead atoms. The standard InChI is InChI=1S/C20H19NO3S/c1-14-6-5-9-19(15(14)2)21-20(22)13-25(23,24)18-11-10-16-7-3-4-8-17(16)12-18/h3-12H,13H2,1-2H3,(H,21,22). The Kier molecular flexibility index (Phi) is 4.59. The third kappa shape index (κ3) is 3.72. The number of hydrogen-bond donors (Lipinski definition) is 1. The zero-order chi connectivity index (χ0) is 18.0. The van der Waals surface area contributed by atoms with Gasteiger partial charge in [-0.15, -0.1) is 0 Å². The van der Waals surface area contributed by atoms with Gasteiger partial charge in [-0.1, -0.05) is 42.5 Å². The van der Waals surface area contributed by atoms with Gasteiger partial charge in [0.15, 0.2) is 9.84 Å². The summed E-state index contributed by atoms with van der Waals surface area (Å²) in [5, 5.41) is 4.49. The van der Waals surface area contributed by atoms with E-state index in [1.807, 2.05) is 50.2 Å². The third-order valence-electron chi connectivity index (χ3n) is 4.28. The normalized spacial score (nSPS) is 11.4. The van der Waals surface area contributed by atoms with Gasteiger partial charge in [0, 0.05) is 5.69 Å². The molecule has 3 rings (SSSR count). The van der Waals surface area contributed by atoms with Crippen LogP contribution in [0.2, 0.25) is 0 Å². The van der Waals surface area contributed by atoms with Gasteiger partial charge in [-0.3, -0.25) is 4.79 Å². The number of nitrogens with one attached hydrogen (secondary N) is 1. The van der Waals surface area contributed by atoms with Crippen LogP contribution >= 0.6 is 0 Å². The summed E-state index contributed by atoms with van der Waals surface area (Å²) in [7, 11) is -3.71. The largest absolute Gasteiger partial charge is 0.325 e. The minimum absolute atomic E-state index is 0.155. The van der Waals surface area contributed by atoms with Gasteiger partial charge in [0.05, 0.1) is 4.90 Å². The van der Waals surface area contributed by atoms with Gasteiger partial charge in [0.25, 0.3) is 0 Å². The smallest absolute Gasteiger partial charge is 0.239 e. The van der Waals surface area contributed by atoms with Crippen LogP contribution in [0, 0.1) is 13.8 Å². The number of carbonyl (C=O) groups excluding carboxylic acids is 1. The SMILES string of the molecule is Cc1cccc(NC(=O)CS(=O)(=O)c2ccc3ccccc3c2)c1C. The Bertz CT molecular complexity index is 1060. The maximum Gasteiger partial charge on any atom is 0.239 e. The van der Waals surface area contributed by atoms with E-state index in [0.29, 0.717) is 5.69 Å². The Morgan fingerprint density at radius 1 is 0.920 bits per heavy atom. The molecule has 0 radical (unpaired) electrons. The zero-order valence-electron chi connectivity index (χ0n) is 14.1. The second-order valence-electron chi connectivity index (χ2n) is 6.06. The molecule has 128 valence electrons. The van der Waals surface area contributed by atoms with Gasteiger partial charge in [-0.25, -0.2) is 8.42 Å². The summed E-state index contributed by atoms with van der Waals surface area (Å²) in [5.74, 6) is -1.12. The molecule has 0 saturated heterocycles. The van der Waals surface area contributed by atoms with Crippen molar-refractivity contribution in [3.63, 3.8) is 0 Å². The van der Waals surface area contributed by atoms with E-state index in [1.54, 1.807) is 24.3 Å². The van der Waals surface area contributed by atoms with Crippen LogP contribution in [0.1, 0.15) is 11.1 Å². The van der Waals surface area contributed by atoms with Crippen molar-refractivity contribution in [1.82, 2.24) is 0 Å². The molecule has 0 aromatic heterocycles. The van der Waals surface area contributed by atoms with Crippen LogP contribution < -0.4 is 5.32 Å². The maximum atomic E-state index is 12.6. The van der Waals surface area contributed by atoms with Gasteiger partial charge in [0.1, 0.15) is 5.75 Å². The first-order valence-electron chi connectivity index (χ1n) is 7.94. The van der Waals surface area contributed by atoms with E-state index in [0.717, 1.165) is 21.9 Å². The van der Waals surface area contributed by atoms with Gasteiger partial charge >= 0.3 is 0 Å². The zero-order valence-corrected chi connectivity index (χ0v) is 14.9. The monoisotopic (exact) mass is 353 g/mol. The molecule has 5 heteroatoms. The topological polar surface area (TPSA) is 63.2 Å². The molecule has 3 aromatic carbocycles. The summed E-state index contributed by atoms with van der Waals surface area (Å²) in [4.78, 5) is 12.4. The first-order valence-corrected chi connectivity index (χ1v) is 9.60. The molecule has 0 fully saturated rings. The van der Waals surface area contributed by atoms with Crippen molar-refractivity contribution in [2.75, 3.05) is 11.1 Å². The molecule has 0 spiro atoms. The molecule has 0 aliphatic carbocycles. The number of sulfone groups is 1. The van der Waals surface area contributed by atoms with Gasteiger partial charge < -0.3 is 5.32 Å². The summed E-state index contributed by atoms with van der Waals surface area (Å²) in [6, 6.07) is 18.0. The van der Waals surface area contributed by atoms with Crippen LogP contribution in [-0.2, 0) is 14.6 Å². The minimum atomic E-state index is -3.71. The summed E-state index contributed by atoms with van der Waals surface area (Å²) in [6.45, 7) is 3.83. The van der Waals surface area contributed by atoms with E-state index in [-0.39, 0.29) is 4.90 Å². The maximum absolute atomic E-state index is 12.6. The highest BCUT2D eigenvalue weighted by Crippen LogP contribution is 2.21. The highest BCUT2D eigenvalue weighted by atomic mass is 32.2. The molecular formula is C20H19NO3S. The number of benzene rings is 3. The van der Waals surface area contributed by atoms with E-state index >= 15 is 0 Å². The van der Waals surface area contributed by atoms with Crippen LogP contribution in [0.25, 0.3) is 10.8 Å². The number of fused-ring (bicyclic) bond motifs is 1. The average molecular weight is 353 g/mol. The molecule has 25 heavy (non-hydrogen) atoms. The Morgan fingerprint density at radius 3 is 2.40 bits per heavy atom. The van der Waals surface area contributed by atoms with E-state index < -0.39 is 21.5 Å². The van der Waals surface area contributed by atoms with Crippen molar-refractivity contribution in [2.24, 2.45) is 0 Å². The molecule has 0 saturated carbocycles. The Balaban J connectivity index is 1.82. The first-order chi connectivity index (χ1) is 11.9. The Morgan fingerprint density at radius 2 is 1.64 bits per heavy atom. The number of rotatable bonds is 4. The van der Waals surface area contributed by atoms with Crippen LogP contribution in [0.15, 0.2) is 65.6 Å². The molecule has 3 aromatic rings. The lowest BCUT2D eigenvalue weighted by Gasteiger charge is -2.11. The van der Waals surface area contributed by atoms with Crippen LogP contribution in [0.3, 0.4) is 0 Å². The summed E-state index contributed by atoms with van der Waals surface area (Å²) in [5.41, 5.74) is 2.60. The van der Waals surface area contributed by atoms with E-state index in [4.69, 9.17) is 0 Å². The van der Waals surface area contributed by atoms with Crippen molar-refractivity contribution >= 4 is 32.2 Å². The third-order valence-corrected chi connectivity index (χ3v) is 5.89. The molecule has 0 heterocycles. The Labute approximate surface area is 147 Å². The Hall–Kier alpha value is -2.66. The fourth-order valence-electron chi connectivity index (χ4n) is 2.69. The van der Waals surface area contributed by atoms with Gasteiger partial charge in [-0.05, 0) is 53.9 Å². The van der Waals surface area contributed by atoms with Crippen LogP contribution in [0.4, 0.5) is 5.69 Å². The highest BCUT2D eigenvalue weighted by molar-refractivity contribution is 7.92. The number of aryl methyl sites for hydroxylation is 1. The number of carbonyl (C=O) groups is 1. The highest BCUT2D eigenvalue weighted by Gasteiger charge is 2.20. The second-order valence-corrected chi connectivity index (χ2v) is 8.05. The fraction of sp³-hybridized carbons (Fsp3) is 0.150. The van der Waals surface area contributed by atoms with Crippen molar-refractivity contribution in [3.8, 4) is 0 Å². The van der Waals surface area contributed by atoms with Crippen molar-refractivity contribution in [2.45, 2.75) is 18.7 Å². The first kappa shape index (κ1) is 17.2. The van der Waals surface area contributed by atoms with E-state index in [9.17, 15) is 13.2 Å². The second kappa shape index (κ2) is 6.69. The fourth-order valence-corrected chi connectivity index (χ4v) is 3.86. The lowest BCUT2D eigenvalue weighted by atomic mass is 10.1. The molecule has 4 nitrogen and oxygen atoms in total. The average Bonchev–Trinajstić information content (AvgIpc) is 2.58. The lowest BCUT2D eigenvalue weighted by molar-refractivity contribution is -0.113. The summed E-state index contributed by atoms with van der Waals surface area (Å²) < 4.78 is 25.1. The number of anilines is 1. The molecule has 0 aliphatic heterocycles. The van der Waals surface area contributed by atoms with Crippen molar-refractivity contribution < 1.29 is 13.2 Å². The predicted octanol–water partition coefficient (Wildman–Crippen LogP) is 3.87. The molecular weight excluding hydrogens is 334 g/mol. The molecule has 0 atom stereocenters. The van der Waals surface area contributed by atoms with Gasteiger partial charge in [-0.2, -0.15) is 0 Å². The van der Waals surface area contributed by atoms with E-state index in [1.165, 1.54) is 0 Å².